The van der Waals surface area contributed by atoms with Crippen molar-refractivity contribution in [3.8, 4) is 11.8 Å². The second-order valence-corrected chi connectivity index (χ2v) is 4.74. The third kappa shape index (κ3) is 2.28. The average molecular weight is 273 g/mol. The summed E-state index contributed by atoms with van der Waals surface area (Å²) < 4.78 is 20.7. The Hall–Kier alpha value is -2.39. The topological polar surface area (TPSA) is 50.3 Å². The Morgan fingerprint density at radius 3 is 3.11 bits per heavy atom. The Balaban J connectivity index is 1.74. The van der Waals surface area contributed by atoms with Crippen LogP contribution in [0.25, 0.3) is 4.96 Å². The molecular formula is C13H8FN3OS. The first-order valence-electron chi connectivity index (χ1n) is 5.50. The van der Waals surface area contributed by atoms with Crippen LogP contribution in [0.3, 0.4) is 0 Å². The second kappa shape index (κ2) is 4.71. The van der Waals surface area contributed by atoms with Gasteiger partial charge in [0.05, 0.1) is 11.3 Å². The van der Waals surface area contributed by atoms with Gasteiger partial charge >= 0.3 is 0 Å². The summed E-state index contributed by atoms with van der Waals surface area (Å²) in [5, 5.41) is 10.6. The minimum absolute atomic E-state index is 0.00913. The van der Waals surface area contributed by atoms with Crippen molar-refractivity contribution in [2.45, 2.75) is 6.61 Å². The fraction of sp³-hybridized carbons (Fsp3) is 0.0769. The highest BCUT2D eigenvalue weighted by molar-refractivity contribution is 7.15. The predicted octanol–water partition coefficient (Wildman–Crippen LogP) is 2.99. The van der Waals surface area contributed by atoms with E-state index in [9.17, 15) is 4.39 Å². The predicted molar refractivity (Wildman–Crippen MR) is 68.5 cm³/mol. The quantitative estimate of drug-likeness (QED) is 0.737. The summed E-state index contributed by atoms with van der Waals surface area (Å²) in [6.45, 7) is 0.264. The molecule has 3 rings (SSSR count). The van der Waals surface area contributed by atoms with Crippen LogP contribution in [0.2, 0.25) is 0 Å². The van der Waals surface area contributed by atoms with Gasteiger partial charge in [-0.1, -0.05) is 0 Å². The van der Waals surface area contributed by atoms with Crippen LogP contribution < -0.4 is 4.74 Å². The van der Waals surface area contributed by atoms with Gasteiger partial charge in [-0.25, -0.2) is 9.37 Å². The van der Waals surface area contributed by atoms with Crippen LogP contribution in [-0.2, 0) is 6.61 Å². The van der Waals surface area contributed by atoms with Gasteiger partial charge in [0.2, 0.25) is 0 Å². The molecule has 0 amide bonds. The van der Waals surface area contributed by atoms with E-state index in [4.69, 9.17) is 10.00 Å². The lowest BCUT2D eigenvalue weighted by Crippen LogP contribution is -1.96. The third-order valence-corrected chi connectivity index (χ3v) is 3.36. The van der Waals surface area contributed by atoms with Gasteiger partial charge < -0.3 is 4.74 Å². The summed E-state index contributed by atoms with van der Waals surface area (Å²) in [4.78, 5) is 5.25. The van der Waals surface area contributed by atoms with Crippen LogP contribution in [0.5, 0.6) is 5.75 Å². The van der Waals surface area contributed by atoms with E-state index in [0.29, 0.717) is 5.75 Å². The van der Waals surface area contributed by atoms with Crippen LogP contribution in [0.4, 0.5) is 4.39 Å². The number of imidazole rings is 1. The number of fused-ring (bicyclic) bond motifs is 1. The Kier molecular flexibility index (Phi) is 2.89. The molecule has 2 heterocycles. The van der Waals surface area contributed by atoms with Gasteiger partial charge in [0, 0.05) is 23.8 Å². The highest BCUT2D eigenvalue weighted by atomic mass is 32.1. The molecule has 94 valence electrons. The van der Waals surface area contributed by atoms with Gasteiger partial charge in [0.1, 0.15) is 24.2 Å². The second-order valence-electron chi connectivity index (χ2n) is 3.87. The minimum Gasteiger partial charge on any atom is -0.487 e. The van der Waals surface area contributed by atoms with E-state index in [-0.39, 0.29) is 12.2 Å². The maximum atomic E-state index is 13.4. The lowest BCUT2D eigenvalue weighted by molar-refractivity contribution is 0.300. The molecule has 4 nitrogen and oxygen atoms in total. The maximum Gasteiger partial charge on any atom is 0.193 e. The largest absolute Gasteiger partial charge is 0.487 e. The lowest BCUT2D eigenvalue weighted by Gasteiger charge is -2.04. The molecule has 0 N–H and O–H groups in total. The van der Waals surface area contributed by atoms with Crippen molar-refractivity contribution in [2.24, 2.45) is 0 Å². The zero-order valence-electron chi connectivity index (χ0n) is 9.71. The number of benzene rings is 1. The molecule has 6 heteroatoms. The summed E-state index contributed by atoms with van der Waals surface area (Å²) in [5.74, 6) is -0.196. The molecule has 19 heavy (non-hydrogen) atoms. The monoisotopic (exact) mass is 273 g/mol. The van der Waals surface area contributed by atoms with Gasteiger partial charge in [0.15, 0.2) is 4.96 Å². The molecule has 0 saturated carbocycles. The van der Waals surface area contributed by atoms with E-state index in [0.717, 1.165) is 10.7 Å². The zero-order chi connectivity index (χ0) is 13.2. The van der Waals surface area contributed by atoms with Crippen molar-refractivity contribution in [2.75, 3.05) is 0 Å². The summed E-state index contributed by atoms with van der Waals surface area (Å²) in [6, 6.07) is 5.94. The number of aromatic nitrogens is 2. The normalized spacial score (nSPS) is 10.5. The molecule has 0 aliphatic carbocycles. The number of rotatable bonds is 3. The number of hydrogen-bond acceptors (Lipinski definition) is 4. The smallest absolute Gasteiger partial charge is 0.193 e. The Morgan fingerprint density at radius 1 is 1.47 bits per heavy atom. The Labute approximate surface area is 112 Å². The first kappa shape index (κ1) is 11.7. The number of nitriles is 1. The summed E-state index contributed by atoms with van der Waals surface area (Å²) in [7, 11) is 0. The molecule has 0 saturated heterocycles. The number of thiazole rings is 1. The average Bonchev–Trinajstić information content (AvgIpc) is 2.97. The SMILES string of the molecule is N#Cc1ccc(OCc2cn3ccsc3n2)cc1F. The minimum atomic E-state index is -0.578. The molecular weight excluding hydrogens is 265 g/mol. The van der Waals surface area contributed by atoms with Gasteiger partial charge in [-0.05, 0) is 12.1 Å². The van der Waals surface area contributed by atoms with E-state index >= 15 is 0 Å². The zero-order valence-corrected chi connectivity index (χ0v) is 10.5. The fourth-order valence-electron chi connectivity index (χ4n) is 1.68. The van der Waals surface area contributed by atoms with Crippen LogP contribution in [0.15, 0.2) is 36.0 Å². The van der Waals surface area contributed by atoms with E-state index in [1.807, 2.05) is 22.2 Å². The van der Waals surface area contributed by atoms with Crippen molar-refractivity contribution >= 4 is 16.3 Å². The van der Waals surface area contributed by atoms with Crippen molar-refractivity contribution < 1.29 is 9.13 Å². The molecule has 2 aromatic heterocycles. The number of nitrogens with zero attached hydrogens (tertiary/aromatic N) is 3. The highest BCUT2D eigenvalue weighted by Crippen LogP contribution is 2.18. The Bertz CT molecular complexity index is 743. The summed E-state index contributed by atoms with van der Waals surface area (Å²) in [6.07, 6.45) is 3.78. The molecule has 0 radical (unpaired) electrons. The van der Waals surface area contributed by atoms with Gasteiger partial charge in [0.25, 0.3) is 0 Å². The lowest BCUT2D eigenvalue weighted by atomic mass is 10.2. The molecule has 0 atom stereocenters. The number of hydrogen-bond donors (Lipinski definition) is 0. The molecule has 0 aliphatic heterocycles. The van der Waals surface area contributed by atoms with Crippen molar-refractivity contribution in [1.82, 2.24) is 9.38 Å². The van der Waals surface area contributed by atoms with E-state index < -0.39 is 5.82 Å². The molecule has 0 unspecified atom stereocenters. The van der Waals surface area contributed by atoms with E-state index in [1.54, 1.807) is 12.1 Å². The van der Waals surface area contributed by atoms with Crippen molar-refractivity contribution in [3.63, 3.8) is 0 Å². The van der Waals surface area contributed by atoms with Crippen LogP contribution >= 0.6 is 11.3 Å². The molecule has 0 aliphatic rings. The van der Waals surface area contributed by atoms with Gasteiger partial charge in [-0.2, -0.15) is 5.26 Å². The molecule has 0 fully saturated rings. The number of ether oxygens (including phenoxy) is 1. The van der Waals surface area contributed by atoms with Gasteiger partial charge in [-0.15, -0.1) is 11.3 Å². The van der Waals surface area contributed by atoms with Gasteiger partial charge in [-0.3, -0.25) is 4.40 Å². The summed E-state index contributed by atoms with van der Waals surface area (Å²) >= 11 is 1.54. The first-order chi connectivity index (χ1) is 9.26. The molecule has 0 spiro atoms. The highest BCUT2D eigenvalue weighted by Gasteiger charge is 2.06. The standard InChI is InChI=1S/C13H8FN3OS/c14-12-5-11(2-1-9(12)6-15)18-8-10-7-17-3-4-19-13(17)16-10/h1-5,7H,8H2. The molecule has 3 aromatic rings. The number of halogens is 1. The van der Waals surface area contributed by atoms with Crippen LogP contribution in [0.1, 0.15) is 11.3 Å². The maximum absolute atomic E-state index is 13.4. The van der Waals surface area contributed by atoms with Crippen molar-refractivity contribution in [1.29, 1.82) is 5.26 Å². The van der Waals surface area contributed by atoms with E-state index in [2.05, 4.69) is 4.98 Å². The molecule has 1 aromatic carbocycles. The molecule has 0 bridgehead atoms. The third-order valence-electron chi connectivity index (χ3n) is 2.59. The van der Waals surface area contributed by atoms with E-state index in [1.165, 1.54) is 23.5 Å². The van der Waals surface area contributed by atoms with Crippen molar-refractivity contribution in [3.05, 3.63) is 53.0 Å². The van der Waals surface area contributed by atoms with Crippen LogP contribution in [0, 0.1) is 17.1 Å². The first-order valence-corrected chi connectivity index (χ1v) is 6.38. The fourth-order valence-corrected chi connectivity index (χ4v) is 2.40. The summed E-state index contributed by atoms with van der Waals surface area (Å²) in [5.41, 5.74) is 0.784. The van der Waals surface area contributed by atoms with Crippen LogP contribution in [-0.4, -0.2) is 9.38 Å². The Morgan fingerprint density at radius 2 is 2.37 bits per heavy atom.